The van der Waals surface area contributed by atoms with Crippen LogP contribution in [0.3, 0.4) is 0 Å². The molecule has 0 radical (unpaired) electrons. The first-order valence-electron chi connectivity index (χ1n) is 11.8. The van der Waals surface area contributed by atoms with Crippen LogP contribution in [-0.4, -0.2) is 40.4 Å². The average molecular weight is 443 g/mol. The third-order valence-corrected chi connectivity index (χ3v) is 6.61. The molecule has 1 aromatic rings. The second kappa shape index (κ2) is 9.12. The van der Waals surface area contributed by atoms with Gasteiger partial charge >= 0.3 is 0 Å². The number of benzene rings is 1. The largest absolute Gasteiger partial charge is 0.487 e. The molecule has 1 aliphatic carbocycles. The maximum Gasteiger partial charge on any atom is 0.231 e. The van der Waals surface area contributed by atoms with Gasteiger partial charge in [-0.05, 0) is 45.6 Å². The molecule has 32 heavy (non-hydrogen) atoms. The Kier molecular flexibility index (Phi) is 6.86. The summed E-state index contributed by atoms with van der Waals surface area (Å²) in [4.78, 5) is 31.4. The van der Waals surface area contributed by atoms with Crippen LogP contribution >= 0.6 is 0 Å². The van der Waals surface area contributed by atoms with Gasteiger partial charge in [0.05, 0.1) is 18.0 Å². The molecular formula is C25H38N4O3. The van der Waals surface area contributed by atoms with Crippen molar-refractivity contribution in [2.45, 2.75) is 84.4 Å². The van der Waals surface area contributed by atoms with Crippen LogP contribution in [0.4, 0.5) is 0 Å². The van der Waals surface area contributed by atoms with Crippen LogP contribution in [0.25, 0.3) is 0 Å². The molecule has 176 valence electrons. The van der Waals surface area contributed by atoms with E-state index in [1.807, 2.05) is 52.0 Å². The van der Waals surface area contributed by atoms with Crippen molar-refractivity contribution < 1.29 is 14.3 Å². The highest BCUT2D eigenvalue weighted by atomic mass is 16.5. The Morgan fingerprint density at radius 1 is 1.28 bits per heavy atom. The van der Waals surface area contributed by atoms with E-state index in [0.29, 0.717) is 13.0 Å². The second-order valence-corrected chi connectivity index (χ2v) is 9.77. The van der Waals surface area contributed by atoms with Crippen molar-refractivity contribution in [2.24, 2.45) is 22.6 Å². The lowest BCUT2D eigenvalue weighted by atomic mass is 9.86. The van der Waals surface area contributed by atoms with Crippen LogP contribution < -0.4 is 15.8 Å². The van der Waals surface area contributed by atoms with Crippen LogP contribution in [0.5, 0.6) is 5.75 Å². The Hall–Kier alpha value is -2.57. The molecule has 7 nitrogen and oxygen atoms in total. The lowest BCUT2D eigenvalue weighted by molar-refractivity contribution is -0.130. The molecule has 7 heteroatoms. The number of carbonyl (C=O) groups excluding carboxylic acids is 2. The van der Waals surface area contributed by atoms with Gasteiger partial charge in [0.15, 0.2) is 5.96 Å². The number of ether oxygens (including phenoxy) is 1. The molecule has 1 saturated carbocycles. The summed E-state index contributed by atoms with van der Waals surface area (Å²) in [5, 5.41) is 3.25. The Balaban J connectivity index is 0.00000141. The quantitative estimate of drug-likeness (QED) is 0.725. The molecule has 1 aromatic carbocycles. The fraction of sp³-hybridized carbons (Fsp3) is 0.640. The van der Waals surface area contributed by atoms with Gasteiger partial charge in [-0.1, -0.05) is 39.0 Å². The summed E-state index contributed by atoms with van der Waals surface area (Å²) in [6.45, 7) is 12.5. The van der Waals surface area contributed by atoms with Gasteiger partial charge in [-0.25, -0.2) is 4.99 Å². The number of hydrogen-bond acceptors (Lipinski definition) is 5. The number of carbonyl (C=O) groups is 2. The lowest BCUT2D eigenvalue weighted by Gasteiger charge is -2.39. The lowest BCUT2D eigenvalue weighted by Crippen LogP contribution is -2.50. The minimum Gasteiger partial charge on any atom is -0.487 e. The van der Waals surface area contributed by atoms with E-state index in [4.69, 9.17) is 10.5 Å². The standard InChI is InChI=1S/C23H32N4O3.C2H6/c1-5-23(4)11-17(15-8-6-7-9-18(15)30-23)25-20(29)16-10-14(16)13-27-19(28)12-22(2,3)26-21(27)24;1-2/h6-9,14,16-17H,5,10-13H2,1-4H3,(H2,24,26)(H,25,29);1-2H3/t14-,16?,17+,23?;/m1./s1. The van der Waals surface area contributed by atoms with Gasteiger partial charge in [0.2, 0.25) is 11.8 Å². The van der Waals surface area contributed by atoms with E-state index in [9.17, 15) is 9.59 Å². The summed E-state index contributed by atoms with van der Waals surface area (Å²) in [5.41, 5.74) is 6.30. The molecule has 3 N–H and O–H groups in total. The Morgan fingerprint density at radius 2 is 1.97 bits per heavy atom. The first-order valence-corrected chi connectivity index (χ1v) is 11.8. The van der Waals surface area contributed by atoms with Crippen molar-refractivity contribution in [1.82, 2.24) is 10.2 Å². The molecule has 0 spiro atoms. The molecule has 2 heterocycles. The molecule has 1 fully saturated rings. The summed E-state index contributed by atoms with van der Waals surface area (Å²) in [6.07, 6.45) is 2.71. The summed E-state index contributed by atoms with van der Waals surface area (Å²) >= 11 is 0. The van der Waals surface area contributed by atoms with Crippen molar-refractivity contribution in [3.63, 3.8) is 0 Å². The van der Waals surface area contributed by atoms with Gasteiger partial charge in [0, 0.05) is 24.4 Å². The summed E-state index contributed by atoms with van der Waals surface area (Å²) in [5.74, 6) is 1.16. The number of amides is 2. The zero-order valence-corrected chi connectivity index (χ0v) is 20.3. The number of rotatable bonds is 5. The number of hydrogen-bond donors (Lipinski definition) is 2. The molecule has 2 aliphatic heterocycles. The van der Waals surface area contributed by atoms with Gasteiger partial charge in [-0.2, -0.15) is 0 Å². The highest BCUT2D eigenvalue weighted by Crippen LogP contribution is 2.44. The topological polar surface area (TPSA) is 97.0 Å². The minimum absolute atomic E-state index is 0.0179. The summed E-state index contributed by atoms with van der Waals surface area (Å²) in [6, 6.07) is 7.84. The van der Waals surface area contributed by atoms with E-state index in [0.717, 1.165) is 30.6 Å². The number of aliphatic imine (C=N–C) groups is 1. The van der Waals surface area contributed by atoms with E-state index in [1.165, 1.54) is 0 Å². The molecule has 0 aromatic heterocycles. The van der Waals surface area contributed by atoms with E-state index in [-0.39, 0.29) is 41.3 Å². The predicted molar refractivity (Wildman–Crippen MR) is 126 cm³/mol. The minimum atomic E-state index is -0.458. The van der Waals surface area contributed by atoms with E-state index >= 15 is 0 Å². The first kappa shape index (κ1) is 24.1. The zero-order valence-electron chi connectivity index (χ0n) is 20.3. The molecule has 0 saturated heterocycles. The highest BCUT2D eigenvalue weighted by Gasteiger charge is 2.47. The SMILES string of the molecule is CC.CCC1(C)C[C@H](NC(=O)C2C[C@@H]2CN2C(=O)CC(C)(C)N=C2N)c2ccccc2O1. The van der Waals surface area contributed by atoms with Gasteiger partial charge in [0.1, 0.15) is 11.4 Å². The average Bonchev–Trinajstić information content (AvgIpc) is 3.51. The number of nitrogens with two attached hydrogens (primary N) is 1. The molecule has 4 atom stereocenters. The number of nitrogens with one attached hydrogen (secondary N) is 1. The van der Waals surface area contributed by atoms with Crippen LogP contribution in [0, 0.1) is 11.8 Å². The van der Waals surface area contributed by atoms with E-state index in [2.05, 4.69) is 24.2 Å². The van der Waals surface area contributed by atoms with Crippen molar-refractivity contribution in [3.05, 3.63) is 29.8 Å². The first-order chi connectivity index (χ1) is 15.1. The number of para-hydroxylation sites is 1. The number of guanidine groups is 1. The van der Waals surface area contributed by atoms with Crippen molar-refractivity contribution in [1.29, 1.82) is 0 Å². The molecule has 0 bridgehead atoms. The number of nitrogens with zero attached hydrogens (tertiary/aromatic N) is 2. The zero-order chi connectivity index (χ0) is 23.7. The number of fused-ring (bicyclic) bond motifs is 1. The molecule has 3 aliphatic rings. The summed E-state index contributed by atoms with van der Waals surface area (Å²) < 4.78 is 6.20. The van der Waals surface area contributed by atoms with Gasteiger partial charge in [-0.3, -0.25) is 14.5 Å². The highest BCUT2D eigenvalue weighted by molar-refractivity contribution is 5.99. The molecular weight excluding hydrogens is 404 g/mol. The smallest absolute Gasteiger partial charge is 0.231 e. The normalized spacial score (nSPS) is 30.2. The monoisotopic (exact) mass is 442 g/mol. The van der Waals surface area contributed by atoms with Gasteiger partial charge in [0.25, 0.3) is 0 Å². The fourth-order valence-corrected chi connectivity index (χ4v) is 4.54. The van der Waals surface area contributed by atoms with Gasteiger partial charge in [-0.15, -0.1) is 0 Å². The molecule has 2 unspecified atom stereocenters. The Bertz CT molecular complexity index is 897. The maximum atomic E-state index is 13.0. The van der Waals surface area contributed by atoms with Crippen LogP contribution in [-0.2, 0) is 9.59 Å². The summed E-state index contributed by atoms with van der Waals surface area (Å²) in [7, 11) is 0. The Morgan fingerprint density at radius 3 is 2.62 bits per heavy atom. The van der Waals surface area contributed by atoms with E-state index < -0.39 is 5.54 Å². The molecule has 4 rings (SSSR count). The second-order valence-electron chi connectivity index (χ2n) is 9.77. The van der Waals surface area contributed by atoms with E-state index in [1.54, 1.807) is 4.90 Å². The van der Waals surface area contributed by atoms with Crippen molar-refractivity contribution in [2.75, 3.05) is 6.54 Å². The molecule has 2 amide bonds. The van der Waals surface area contributed by atoms with Crippen molar-refractivity contribution >= 4 is 17.8 Å². The van der Waals surface area contributed by atoms with Gasteiger partial charge < -0.3 is 15.8 Å². The Labute approximate surface area is 191 Å². The third kappa shape index (κ3) is 5.08. The fourth-order valence-electron chi connectivity index (χ4n) is 4.54. The maximum absolute atomic E-state index is 13.0. The van der Waals surface area contributed by atoms with Crippen molar-refractivity contribution in [3.8, 4) is 5.75 Å². The third-order valence-electron chi connectivity index (χ3n) is 6.61. The predicted octanol–water partition coefficient (Wildman–Crippen LogP) is 3.78. The van der Waals surface area contributed by atoms with Crippen LogP contribution in [0.1, 0.15) is 78.8 Å². The van der Waals surface area contributed by atoms with Crippen LogP contribution in [0.2, 0.25) is 0 Å². The van der Waals surface area contributed by atoms with Crippen LogP contribution in [0.15, 0.2) is 29.3 Å².